The SMILES string of the molecule is CC(C)CC(C)NC(=O)N[C@@H](CCO)C(=O)O. The van der Waals surface area contributed by atoms with Crippen molar-refractivity contribution in [2.24, 2.45) is 5.92 Å². The van der Waals surface area contributed by atoms with E-state index in [1.54, 1.807) is 0 Å². The van der Waals surface area contributed by atoms with Gasteiger partial charge in [0.25, 0.3) is 0 Å². The minimum atomic E-state index is -1.15. The van der Waals surface area contributed by atoms with Crippen LogP contribution in [0.1, 0.15) is 33.6 Å². The smallest absolute Gasteiger partial charge is 0.326 e. The Kier molecular flexibility index (Phi) is 7.29. The molecule has 0 aliphatic rings. The van der Waals surface area contributed by atoms with Crippen molar-refractivity contribution in [3.05, 3.63) is 0 Å². The molecule has 1 unspecified atom stereocenters. The zero-order chi connectivity index (χ0) is 13.4. The van der Waals surface area contributed by atoms with E-state index in [-0.39, 0.29) is 19.1 Å². The lowest BCUT2D eigenvalue weighted by Crippen LogP contribution is -2.48. The number of rotatable bonds is 7. The molecule has 0 spiro atoms. The molecule has 0 aliphatic carbocycles. The first kappa shape index (κ1) is 15.7. The summed E-state index contributed by atoms with van der Waals surface area (Å²) in [6.07, 6.45) is 0.826. The maximum absolute atomic E-state index is 11.5. The first-order chi connectivity index (χ1) is 7.86. The molecule has 0 saturated carbocycles. The van der Waals surface area contributed by atoms with Gasteiger partial charge in [0.2, 0.25) is 0 Å². The summed E-state index contributed by atoms with van der Waals surface area (Å²) in [5.74, 6) is -0.691. The van der Waals surface area contributed by atoms with Gasteiger partial charge in [-0.05, 0) is 19.3 Å². The fourth-order valence-corrected chi connectivity index (χ4v) is 1.58. The number of aliphatic carboxylic acids is 1. The summed E-state index contributed by atoms with van der Waals surface area (Å²) in [5.41, 5.74) is 0. The van der Waals surface area contributed by atoms with Gasteiger partial charge in [0, 0.05) is 19.1 Å². The Morgan fingerprint density at radius 3 is 2.18 bits per heavy atom. The van der Waals surface area contributed by atoms with Gasteiger partial charge >= 0.3 is 12.0 Å². The van der Waals surface area contributed by atoms with Crippen molar-refractivity contribution in [1.82, 2.24) is 10.6 Å². The highest BCUT2D eigenvalue weighted by Crippen LogP contribution is 2.03. The number of aliphatic hydroxyl groups is 1. The van der Waals surface area contributed by atoms with Gasteiger partial charge in [-0.2, -0.15) is 0 Å². The highest BCUT2D eigenvalue weighted by atomic mass is 16.4. The topological polar surface area (TPSA) is 98.7 Å². The molecule has 0 rings (SSSR count). The van der Waals surface area contributed by atoms with Gasteiger partial charge in [0.1, 0.15) is 6.04 Å². The van der Waals surface area contributed by atoms with E-state index in [1.165, 1.54) is 0 Å². The van der Waals surface area contributed by atoms with Crippen LogP contribution in [0.4, 0.5) is 4.79 Å². The maximum Gasteiger partial charge on any atom is 0.326 e. The van der Waals surface area contributed by atoms with Gasteiger partial charge < -0.3 is 20.8 Å². The first-order valence-corrected chi connectivity index (χ1v) is 5.77. The fourth-order valence-electron chi connectivity index (χ4n) is 1.58. The van der Waals surface area contributed by atoms with Crippen LogP contribution in [0.2, 0.25) is 0 Å². The molecule has 100 valence electrons. The fraction of sp³-hybridized carbons (Fsp3) is 0.818. The molecule has 0 saturated heterocycles. The summed E-state index contributed by atoms with van der Waals surface area (Å²) in [7, 11) is 0. The second-order valence-corrected chi connectivity index (χ2v) is 4.55. The summed E-state index contributed by atoms with van der Waals surface area (Å²) in [4.78, 5) is 22.2. The molecule has 0 aliphatic heterocycles. The Hall–Kier alpha value is -1.30. The molecular formula is C11H22N2O4. The standard InChI is InChI=1S/C11H22N2O4/c1-7(2)6-8(3)12-11(17)13-9(4-5-14)10(15)16/h7-9,14H,4-6H2,1-3H3,(H,15,16)(H2,12,13,17)/t8?,9-/m0/s1. The first-order valence-electron chi connectivity index (χ1n) is 5.77. The van der Waals surface area contributed by atoms with Crippen molar-refractivity contribution in [3.63, 3.8) is 0 Å². The number of carbonyl (C=O) groups is 2. The van der Waals surface area contributed by atoms with Crippen molar-refractivity contribution in [1.29, 1.82) is 0 Å². The van der Waals surface area contributed by atoms with Crippen molar-refractivity contribution < 1.29 is 19.8 Å². The average Bonchev–Trinajstić information content (AvgIpc) is 2.14. The zero-order valence-corrected chi connectivity index (χ0v) is 10.6. The van der Waals surface area contributed by atoms with E-state index in [9.17, 15) is 9.59 Å². The van der Waals surface area contributed by atoms with Crippen LogP contribution in [0.25, 0.3) is 0 Å². The van der Waals surface area contributed by atoms with E-state index < -0.39 is 18.0 Å². The third-order valence-corrected chi connectivity index (χ3v) is 2.22. The molecule has 0 fully saturated rings. The summed E-state index contributed by atoms with van der Waals surface area (Å²) in [5, 5.41) is 22.4. The van der Waals surface area contributed by atoms with Crippen molar-refractivity contribution >= 4 is 12.0 Å². The number of carboxylic acids is 1. The molecule has 6 heteroatoms. The number of amides is 2. The van der Waals surface area contributed by atoms with Crippen LogP contribution in [-0.4, -0.2) is 40.9 Å². The highest BCUT2D eigenvalue weighted by molar-refractivity contribution is 5.82. The van der Waals surface area contributed by atoms with Gasteiger partial charge in [0.05, 0.1) is 0 Å². The molecule has 0 aromatic rings. The van der Waals surface area contributed by atoms with Crippen molar-refractivity contribution in [2.75, 3.05) is 6.61 Å². The second-order valence-electron chi connectivity index (χ2n) is 4.55. The normalized spacial score (nSPS) is 14.2. The molecule has 0 bridgehead atoms. The van der Waals surface area contributed by atoms with Crippen molar-refractivity contribution in [3.8, 4) is 0 Å². The van der Waals surface area contributed by atoms with E-state index in [4.69, 9.17) is 10.2 Å². The van der Waals surface area contributed by atoms with Gasteiger partial charge in [-0.25, -0.2) is 9.59 Å². The lowest BCUT2D eigenvalue weighted by molar-refractivity contribution is -0.139. The van der Waals surface area contributed by atoms with Crippen LogP contribution in [0.5, 0.6) is 0 Å². The minimum Gasteiger partial charge on any atom is -0.480 e. The monoisotopic (exact) mass is 246 g/mol. The summed E-state index contributed by atoms with van der Waals surface area (Å²) < 4.78 is 0. The second kappa shape index (κ2) is 7.89. The molecule has 4 N–H and O–H groups in total. The van der Waals surface area contributed by atoms with E-state index in [1.807, 2.05) is 20.8 Å². The third kappa shape index (κ3) is 7.57. The Balaban J connectivity index is 4.09. The minimum absolute atomic E-state index is 0.00130. The maximum atomic E-state index is 11.5. The lowest BCUT2D eigenvalue weighted by Gasteiger charge is -2.19. The number of urea groups is 1. The van der Waals surface area contributed by atoms with Crippen LogP contribution in [-0.2, 0) is 4.79 Å². The predicted octanol–water partition coefficient (Wildman–Crippen LogP) is 0.556. The number of carbonyl (C=O) groups excluding carboxylic acids is 1. The lowest BCUT2D eigenvalue weighted by atomic mass is 10.1. The quantitative estimate of drug-likeness (QED) is 0.527. The Morgan fingerprint density at radius 1 is 1.18 bits per heavy atom. The molecule has 0 aromatic heterocycles. The van der Waals surface area contributed by atoms with E-state index in [0.717, 1.165) is 6.42 Å². The van der Waals surface area contributed by atoms with Gasteiger partial charge in [0.15, 0.2) is 0 Å². The number of hydrogen-bond acceptors (Lipinski definition) is 3. The van der Waals surface area contributed by atoms with Crippen LogP contribution in [0.15, 0.2) is 0 Å². The van der Waals surface area contributed by atoms with Crippen LogP contribution in [0, 0.1) is 5.92 Å². The van der Waals surface area contributed by atoms with Crippen LogP contribution < -0.4 is 10.6 Å². The number of nitrogens with one attached hydrogen (secondary N) is 2. The van der Waals surface area contributed by atoms with Gasteiger partial charge in [-0.15, -0.1) is 0 Å². The van der Waals surface area contributed by atoms with Gasteiger partial charge in [-0.3, -0.25) is 0 Å². The molecule has 17 heavy (non-hydrogen) atoms. The predicted molar refractivity (Wildman–Crippen MR) is 63.7 cm³/mol. The molecule has 0 aromatic carbocycles. The third-order valence-electron chi connectivity index (χ3n) is 2.22. The average molecular weight is 246 g/mol. The molecule has 0 heterocycles. The zero-order valence-electron chi connectivity index (χ0n) is 10.6. The number of carboxylic acid groups (broad SMARTS) is 1. The Labute approximate surface area is 101 Å². The summed E-state index contributed by atoms with van der Waals surface area (Å²) in [6.45, 7) is 5.67. The highest BCUT2D eigenvalue weighted by Gasteiger charge is 2.19. The Morgan fingerprint density at radius 2 is 1.76 bits per heavy atom. The molecule has 2 amide bonds. The number of hydrogen-bond donors (Lipinski definition) is 4. The molecule has 2 atom stereocenters. The van der Waals surface area contributed by atoms with Crippen LogP contribution >= 0.6 is 0 Å². The number of aliphatic hydroxyl groups excluding tert-OH is 1. The summed E-state index contributed by atoms with van der Waals surface area (Å²) >= 11 is 0. The van der Waals surface area contributed by atoms with E-state index >= 15 is 0 Å². The van der Waals surface area contributed by atoms with E-state index in [2.05, 4.69) is 10.6 Å². The van der Waals surface area contributed by atoms with Crippen molar-refractivity contribution in [2.45, 2.75) is 45.7 Å². The molecule has 6 nitrogen and oxygen atoms in total. The Bertz CT molecular complexity index is 256. The van der Waals surface area contributed by atoms with E-state index in [0.29, 0.717) is 5.92 Å². The largest absolute Gasteiger partial charge is 0.480 e. The molecule has 0 radical (unpaired) electrons. The summed E-state index contributed by atoms with van der Waals surface area (Å²) in [6, 6.07) is -1.58. The van der Waals surface area contributed by atoms with Gasteiger partial charge in [-0.1, -0.05) is 13.8 Å². The van der Waals surface area contributed by atoms with Crippen LogP contribution in [0.3, 0.4) is 0 Å². The molecular weight excluding hydrogens is 224 g/mol.